The van der Waals surface area contributed by atoms with Crippen molar-refractivity contribution in [3.8, 4) is 0 Å². The van der Waals surface area contributed by atoms with Crippen LogP contribution in [0.1, 0.15) is 33.6 Å². The molecule has 12 heavy (non-hydrogen) atoms. The highest BCUT2D eigenvalue weighted by Crippen LogP contribution is 2.60. The van der Waals surface area contributed by atoms with Crippen LogP contribution in [0.25, 0.3) is 0 Å². The molecule has 0 atom stereocenters. The minimum Gasteiger partial charge on any atom is -0.380 e. The zero-order chi connectivity index (χ0) is 9.04. The first-order valence-electron chi connectivity index (χ1n) is 4.78. The van der Waals surface area contributed by atoms with Crippen LogP contribution in [0.5, 0.6) is 0 Å². The molecule has 70 valence electrons. The van der Waals surface area contributed by atoms with Crippen molar-refractivity contribution in [3.63, 3.8) is 0 Å². The summed E-state index contributed by atoms with van der Waals surface area (Å²) in [5, 5.41) is 0. The zero-order valence-electron chi connectivity index (χ0n) is 8.31. The molecule has 1 aliphatic carbocycles. The molecule has 0 aromatic carbocycles. The minimum atomic E-state index is 0.101. The normalized spacial score (nSPS) is 31.0. The van der Waals surface area contributed by atoms with Gasteiger partial charge in [0.25, 0.3) is 0 Å². The van der Waals surface area contributed by atoms with Gasteiger partial charge in [-0.1, -0.05) is 20.8 Å². The van der Waals surface area contributed by atoms with Gasteiger partial charge in [-0.3, -0.25) is 0 Å². The average molecular weight is 169 g/mol. The minimum absolute atomic E-state index is 0.101. The molecule has 2 rings (SSSR count). The third kappa shape index (κ3) is 0.826. The van der Waals surface area contributed by atoms with Crippen molar-refractivity contribution in [2.24, 2.45) is 16.6 Å². The van der Waals surface area contributed by atoms with E-state index in [1.54, 1.807) is 0 Å². The Morgan fingerprint density at radius 2 is 1.67 bits per heavy atom. The van der Waals surface area contributed by atoms with Crippen LogP contribution in [-0.2, 0) is 4.74 Å². The maximum atomic E-state index is 6.29. The van der Waals surface area contributed by atoms with E-state index in [9.17, 15) is 0 Å². The summed E-state index contributed by atoms with van der Waals surface area (Å²) in [5.74, 6) is 0. The van der Waals surface area contributed by atoms with Crippen LogP contribution in [0, 0.1) is 10.8 Å². The SMILES string of the molecule is CC(C)(C)C1(C2(N)CC2)COC1. The fourth-order valence-electron chi connectivity index (χ4n) is 2.39. The lowest BCUT2D eigenvalue weighted by Gasteiger charge is -2.55. The lowest BCUT2D eigenvalue weighted by atomic mass is 9.59. The van der Waals surface area contributed by atoms with E-state index in [0.29, 0.717) is 0 Å². The molecule has 1 saturated heterocycles. The Morgan fingerprint density at radius 1 is 1.17 bits per heavy atom. The second-order valence-corrected chi connectivity index (χ2v) is 5.48. The summed E-state index contributed by atoms with van der Waals surface area (Å²) in [4.78, 5) is 0. The Morgan fingerprint density at radius 3 is 1.75 bits per heavy atom. The van der Waals surface area contributed by atoms with Gasteiger partial charge in [-0.05, 0) is 18.3 Å². The molecule has 0 radical (unpaired) electrons. The van der Waals surface area contributed by atoms with Crippen molar-refractivity contribution in [3.05, 3.63) is 0 Å². The van der Waals surface area contributed by atoms with Crippen molar-refractivity contribution in [2.75, 3.05) is 13.2 Å². The first-order valence-corrected chi connectivity index (χ1v) is 4.78. The summed E-state index contributed by atoms with van der Waals surface area (Å²) in [7, 11) is 0. The van der Waals surface area contributed by atoms with E-state index in [-0.39, 0.29) is 16.4 Å². The Kier molecular flexibility index (Phi) is 1.45. The monoisotopic (exact) mass is 169 g/mol. The highest BCUT2D eigenvalue weighted by atomic mass is 16.5. The summed E-state index contributed by atoms with van der Waals surface area (Å²) in [6, 6.07) is 0. The lowest BCUT2D eigenvalue weighted by Crippen LogP contribution is -2.63. The molecule has 0 aromatic rings. The number of hydrogen-bond donors (Lipinski definition) is 1. The Bertz CT molecular complexity index is 189. The Hall–Kier alpha value is -0.0800. The molecule has 2 nitrogen and oxygen atoms in total. The van der Waals surface area contributed by atoms with Crippen molar-refractivity contribution in [2.45, 2.75) is 39.2 Å². The van der Waals surface area contributed by atoms with Gasteiger partial charge in [-0.15, -0.1) is 0 Å². The summed E-state index contributed by atoms with van der Waals surface area (Å²) < 4.78 is 5.35. The van der Waals surface area contributed by atoms with E-state index in [2.05, 4.69) is 20.8 Å². The summed E-state index contributed by atoms with van der Waals surface area (Å²) in [6.45, 7) is 8.58. The molecular formula is C10H19NO. The largest absolute Gasteiger partial charge is 0.380 e. The predicted octanol–water partition coefficient (Wildman–Crippen LogP) is 1.54. The molecule has 2 fully saturated rings. The van der Waals surface area contributed by atoms with Crippen LogP contribution in [0.4, 0.5) is 0 Å². The molecule has 2 heteroatoms. The first-order chi connectivity index (χ1) is 5.41. The smallest absolute Gasteiger partial charge is 0.0567 e. The van der Waals surface area contributed by atoms with Gasteiger partial charge in [-0.2, -0.15) is 0 Å². The van der Waals surface area contributed by atoms with E-state index >= 15 is 0 Å². The van der Waals surface area contributed by atoms with Gasteiger partial charge < -0.3 is 10.5 Å². The van der Waals surface area contributed by atoms with Gasteiger partial charge in [0.1, 0.15) is 0 Å². The van der Waals surface area contributed by atoms with Crippen LogP contribution in [-0.4, -0.2) is 18.8 Å². The van der Waals surface area contributed by atoms with Gasteiger partial charge in [0.15, 0.2) is 0 Å². The molecule has 0 aromatic heterocycles. The van der Waals surface area contributed by atoms with Crippen molar-refractivity contribution >= 4 is 0 Å². The summed E-state index contributed by atoms with van der Waals surface area (Å²) in [5.41, 5.74) is 6.95. The van der Waals surface area contributed by atoms with Crippen LogP contribution < -0.4 is 5.73 Å². The van der Waals surface area contributed by atoms with Crippen molar-refractivity contribution in [1.82, 2.24) is 0 Å². The van der Waals surface area contributed by atoms with Gasteiger partial charge in [0.2, 0.25) is 0 Å². The summed E-state index contributed by atoms with van der Waals surface area (Å²) in [6.07, 6.45) is 2.38. The average Bonchev–Trinajstić information content (AvgIpc) is 2.38. The fourth-order valence-corrected chi connectivity index (χ4v) is 2.39. The molecule has 1 aliphatic heterocycles. The maximum absolute atomic E-state index is 6.29. The van der Waals surface area contributed by atoms with Gasteiger partial charge >= 0.3 is 0 Å². The molecule has 2 aliphatic rings. The number of ether oxygens (including phenoxy) is 1. The molecular weight excluding hydrogens is 150 g/mol. The van der Waals surface area contributed by atoms with Crippen LogP contribution >= 0.6 is 0 Å². The molecule has 2 N–H and O–H groups in total. The van der Waals surface area contributed by atoms with Crippen molar-refractivity contribution < 1.29 is 4.74 Å². The van der Waals surface area contributed by atoms with Gasteiger partial charge in [0.05, 0.1) is 13.2 Å². The lowest BCUT2D eigenvalue weighted by molar-refractivity contribution is -0.189. The van der Waals surface area contributed by atoms with Gasteiger partial charge in [-0.25, -0.2) is 0 Å². The Balaban J connectivity index is 2.25. The standard InChI is InChI=1S/C10H19NO/c1-8(2,3)9(6-12-7-9)10(11)4-5-10/h4-7,11H2,1-3H3. The maximum Gasteiger partial charge on any atom is 0.0567 e. The van der Waals surface area contributed by atoms with E-state index in [4.69, 9.17) is 10.5 Å². The number of hydrogen-bond acceptors (Lipinski definition) is 2. The van der Waals surface area contributed by atoms with Crippen molar-refractivity contribution in [1.29, 1.82) is 0 Å². The third-order valence-electron chi connectivity index (χ3n) is 3.87. The fraction of sp³-hybridized carbons (Fsp3) is 1.00. The third-order valence-corrected chi connectivity index (χ3v) is 3.87. The zero-order valence-corrected chi connectivity index (χ0v) is 8.31. The van der Waals surface area contributed by atoms with Crippen LogP contribution in [0.2, 0.25) is 0 Å². The van der Waals surface area contributed by atoms with Crippen LogP contribution in [0.15, 0.2) is 0 Å². The van der Waals surface area contributed by atoms with E-state index in [1.165, 1.54) is 12.8 Å². The van der Waals surface area contributed by atoms with Crippen LogP contribution in [0.3, 0.4) is 0 Å². The van der Waals surface area contributed by atoms with E-state index in [0.717, 1.165) is 13.2 Å². The topological polar surface area (TPSA) is 35.2 Å². The Labute approximate surface area is 74.5 Å². The molecule has 1 saturated carbocycles. The quantitative estimate of drug-likeness (QED) is 0.646. The highest BCUT2D eigenvalue weighted by molar-refractivity contribution is 5.18. The number of rotatable bonds is 1. The van der Waals surface area contributed by atoms with E-state index < -0.39 is 0 Å². The van der Waals surface area contributed by atoms with Gasteiger partial charge in [0, 0.05) is 11.0 Å². The highest BCUT2D eigenvalue weighted by Gasteiger charge is 2.65. The molecule has 0 unspecified atom stereocenters. The molecule has 1 heterocycles. The second kappa shape index (κ2) is 2.05. The molecule has 0 spiro atoms. The first kappa shape index (κ1) is 8.52. The summed E-state index contributed by atoms with van der Waals surface area (Å²) >= 11 is 0. The molecule has 0 bridgehead atoms. The predicted molar refractivity (Wildman–Crippen MR) is 48.9 cm³/mol. The second-order valence-electron chi connectivity index (χ2n) is 5.48. The molecule has 0 amide bonds. The number of nitrogens with two attached hydrogens (primary N) is 1. The van der Waals surface area contributed by atoms with E-state index in [1.807, 2.05) is 0 Å².